The quantitative estimate of drug-likeness (QED) is 0.755. The van der Waals surface area contributed by atoms with Crippen LogP contribution in [0.25, 0.3) is 0 Å². The number of aliphatic hydroxyl groups excluding tert-OH is 1. The van der Waals surface area contributed by atoms with Gasteiger partial charge in [0.25, 0.3) is 0 Å². The number of ether oxygens (including phenoxy) is 2. The number of hydrogen-bond acceptors (Lipinski definition) is 3. The van der Waals surface area contributed by atoms with Crippen molar-refractivity contribution in [1.82, 2.24) is 0 Å². The third-order valence-corrected chi connectivity index (χ3v) is 3.09. The van der Waals surface area contributed by atoms with Crippen molar-refractivity contribution in [3.05, 3.63) is 71.8 Å². The van der Waals surface area contributed by atoms with Gasteiger partial charge in [0.1, 0.15) is 0 Å². The van der Waals surface area contributed by atoms with Crippen LogP contribution in [0.5, 0.6) is 0 Å². The monoisotopic (exact) mass is 286 g/mol. The Morgan fingerprint density at radius 2 is 1.24 bits per heavy atom. The molecule has 2 aromatic rings. The van der Waals surface area contributed by atoms with E-state index in [1.165, 1.54) is 0 Å². The summed E-state index contributed by atoms with van der Waals surface area (Å²) < 4.78 is 11.6. The second-order valence-corrected chi connectivity index (χ2v) is 5.11. The van der Waals surface area contributed by atoms with Crippen LogP contribution in [0.3, 0.4) is 0 Å². The molecule has 21 heavy (non-hydrogen) atoms. The van der Waals surface area contributed by atoms with Crippen molar-refractivity contribution >= 4 is 0 Å². The van der Waals surface area contributed by atoms with Crippen molar-refractivity contribution in [2.75, 3.05) is 0 Å². The van der Waals surface area contributed by atoms with E-state index >= 15 is 0 Å². The van der Waals surface area contributed by atoms with Crippen molar-refractivity contribution < 1.29 is 14.6 Å². The van der Waals surface area contributed by atoms with Crippen LogP contribution in [0.1, 0.15) is 24.5 Å². The fraction of sp³-hybridized carbons (Fsp3) is 0.333. The van der Waals surface area contributed by atoms with Gasteiger partial charge in [0, 0.05) is 6.42 Å². The van der Waals surface area contributed by atoms with Crippen molar-refractivity contribution in [3.63, 3.8) is 0 Å². The Bertz CT molecular complexity index is 453. The van der Waals surface area contributed by atoms with Gasteiger partial charge >= 0.3 is 0 Å². The summed E-state index contributed by atoms with van der Waals surface area (Å²) in [6.45, 7) is 2.70. The van der Waals surface area contributed by atoms with Crippen LogP contribution in [0.15, 0.2) is 60.7 Å². The van der Waals surface area contributed by atoms with Gasteiger partial charge in [-0.1, -0.05) is 60.7 Å². The van der Waals surface area contributed by atoms with Crippen LogP contribution >= 0.6 is 0 Å². The Balaban J connectivity index is 1.85. The van der Waals surface area contributed by atoms with E-state index in [4.69, 9.17) is 9.47 Å². The van der Waals surface area contributed by atoms with E-state index in [0.29, 0.717) is 19.6 Å². The van der Waals surface area contributed by atoms with Gasteiger partial charge in [-0.05, 0) is 18.1 Å². The number of aliphatic hydroxyl groups is 1. The van der Waals surface area contributed by atoms with Crippen LogP contribution in [-0.2, 0) is 22.7 Å². The van der Waals surface area contributed by atoms with Gasteiger partial charge in [0.2, 0.25) is 0 Å². The summed E-state index contributed by atoms with van der Waals surface area (Å²) in [7, 11) is 0. The maximum absolute atomic E-state index is 9.56. The second-order valence-electron chi connectivity index (χ2n) is 5.11. The van der Waals surface area contributed by atoms with E-state index in [-0.39, 0.29) is 0 Å². The van der Waals surface area contributed by atoms with Gasteiger partial charge < -0.3 is 14.6 Å². The topological polar surface area (TPSA) is 38.7 Å². The minimum atomic E-state index is -0.457. The van der Waals surface area contributed by atoms with E-state index in [1.807, 2.05) is 60.7 Å². The Morgan fingerprint density at radius 1 is 0.810 bits per heavy atom. The van der Waals surface area contributed by atoms with E-state index in [1.54, 1.807) is 6.92 Å². The zero-order chi connectivity index (χ0) is 14.9. The smallest absolute Gasteiger partial charge is 0.160 e. The molecule has 2 aromatic carbocycles. The highest BCUT2D eigenvalue weighted by atomic mass is 16.7. The molecule has 112 valence electrons. The number of benzene rings is 2. The third kappa shape index (κ3) is 6.08. The van der Waals surface area contributed by atoms with Gasteiger partial charge in [0.15, 0.2) is 6.29 Å². The van der Waals surface area contributed by atoms with Crippen LogP contribution in [0, 0.1) is 0 Å². The Morgan fingerprint density at radius 3 is 1.62 bits per heavy atom. The molecular formula is C18H22O3. The third-order valence-electron chi connectivity index (χ3n) is 3.09. The molecule has 0 amide bonds. The highest BCUT2D eigenvalue weighted by Gasteiger charge is 2.13. The molecule has 3 nitrogen and oxygen atoms in total. The van der Waals surface area contributed by atoms with Crippen molar-refractivity contribution in [2.45, 2.75) is 39.0 Å². The summed E-state index contributed by atoms with van der Waals surface area (Å²) in [5.41, 5.74) is 2.19. The molecule has 1 N–H and O–H groups in total. The Kier molecular flexibility index (Phi) is 6.41. The molecule has 2 rings (SSSR count). The van der Waals surface area contributed by atoms with Crippen molar-refractivity contribution in [1.29, 1.82) is 0 Å². The van der Waals surface area contributed by atoms with Gasteiger partial charge in [-0.3, -0.25) is 0 Å². The molecular weight excluding hydrogens is 264 g/mol. The fourth-order valence-corrected chi connectivity index (χ4v) is 1.99. The molecule has 1 unspecified atom stereocenters. The van der Waals surface area contributed by atoms with E-state index < -0.39 is 12.4 Å². The Labute approximate surface area is 126 Å². The fourth-order valence-electron chi connectivity index (χ4n) is 1.99. The lowest BCUT2D eigenvalue weighted by Gasteiger charge is -2.20. The molecule has 0 saturated carbocycles. The highest BCUT2D eigenvalue weighted by Crippen LogP contribution is 2.12. The summed E-state index contributed by atoms with van der Waals surface area (Å²) in [6.07, 6.45) is -0.411. The maximum Gasteiger partial charge on any atom is 0.160 e. The molecule has 0 aliphatic carbocycles. The SMILES string of the molecule is CC(O)CC(OCc1ccccc1)OCc1ccccc1. The molecule has 3 heteroatoms. The van der Waals surface area contributed by atoms with Crippen LogP contribution in [0.4, 0.5) is 0 Å². The lowest BCUT2D eigenvalue weighted by Crippen LogP contribution is -2.22. The van der Waals surface area contributed by atoms with E-state index in [2.05, 4.69) is 0 Å². The standard InChI is InChI=1S/C18H22O3/c1-15(19)12-18(20-13-16-8-4-2-5-9-16)21-14-17-10-6-3-7-11-17/h2-11,15,18-19H,12-14H2,1H3. The minimum Gasteiger partial charge on any atom is -0.393 e. The predicted octanol–water partition coefficient (Wildman–Crippen LogP) is 3.52. The van der Waals surface area contributed by atoms with Crippen LogP contribution in [0.2, 0.25) is 0 Å². The van der Waals surface area contributed by atoms with Crippen LogP contribution in [-0.4, -0.2) is 17.5 Å². The summed E-state index contributed by atoms with van der Waals surface area (Å²) in [4.78, 5) is 0. The molecule has 1 atom stereocenters. The molecule has 0 saturated heterocycles. The Hall–Kier alpha value is -1.68. The molecule has 0 heterocycles. The first-order valence-electron chi connectivity index (χ1n) is 7.23. The first-order valence-corrected chi connectivity index (χ1v) is 7.23. The van der Waals surface area contributed by atoms with Gasteiger partial charge in [-0.25, -0.2) is 0 Å². The molecule has 0 aliphatic heterocycles. The van der Waals surface area contributed by atoms with Crippen molar-refractivity contribution in [3.8, 4) is 0 Å². The maximum atomic E-state index is 9.56. The summed E-state index contributed by atoms with van der Waals surface area (Å²) in [6, 6.07) is 19.9. The van der Waals surface area contributed by atoms with Gasteiger partial charge in [-0.2, -0.15) is 0 Å². The zero-order valence-electron chi connectivity index (χ0n) is 12.3. The second kappa shape index (κ2) is 8.57. The average Bonchev–Trinajstić information content (AvgIpc) is 2.51. The lowest BCUT2D eigenvalue weighted by molar-refractivity contribution is -0.170. The average molecular weight is 286 g/mol. The van der Waals surface area contributed by atoms with Crippen molar-refractivity contribution in [2.24, 2.45) is 0 Å². The zero-order valence-corrected chi connectivity index (χ0v) is 12.3. The largest absolute Gasteiger partial charge is 0.393 e. The highest BCUT2D eigenvalue weighted by molar-refractivity contribution is 5.14. The molecule has 0 aliphatic rings. The normalized spacial score (nSPS) is 12.5. The molecule has 0 spiro atoms. The lowest BCUT2D eigenvalue weighted by atomic mass is 10.2. The molecule has 0 aromatic heterocycles. The van der Waals surface area contributed by atoms with E-state index in [0.717, 1.165) is 11.1 Å². The number of rotatable bonds is 8. The van der Waals surface area contributed by atoms with Gasteiger partial charge in [0.05, 0.1) is 19.3 Å². The summed E-state index contributed by atoms with van der Waals surface area (Å²) >= 11 is 0. The molecule has 0 fully saturated rings. The first kappa shape index (κ1) is 15.7. The molecule has 0 bridgehead atoms. The minimum absolute atomic E-state index is 0.412. The summed E-state index contributed by atoms with van der Waals surface area (Å²) in [5.74, 6) is 0. The van der Waals surface area contributed by atoms with Gasteiger partial charge in [-0.15, -0.1) is 0 Å². The molecule has 0 radical (unpaired) electrons. The van der Waals surface area contributed by atoms with E-state index in [9.17, 15) is 5.11 Å². The predicted molar refractivity (Wildman–Crippen MR) is 82.5 cm³/mol. The summed E-state index contributed by atoms with van der Waals surface area (Å²) in [5, 5.41) is 9.56. The van der Waals surface area contributed by atoms with Crippen LogP contribution < -0.4 is 0 Å². The first-order chi connectivity index (χ1) is 10.2. The number of hydrogen-bond donors (Lipinski definition) is 1.